The SMILES string of the molecule is COc1ccc(N(C(=O)c2ccccc2F)[C@H]2CS(=O)(=O)C[C@H]2OC(=O)c2ccccc2F)cc1. The lowest BCUT2D eigenvalue weighted by Gasteiger charge is -2.32. The number of benzene rings is 3. The molecule has 4 rings (SSSR count). The Labute approximate surface area is 200 Å². The van der Waals surface area contributed by atoms with Gasteiger partial charge in [0, 0.05) is 5.69 Å². The van der Waals surface area contributed by atoms with Gasteiger partial charge in [-0.2, -0.15) is 0 Å². The van der Waals surface area contributed by atoms with Crippen LogP contribution in [-0.4, -0.2) is 51.1 Å². The van der Waals surface area contributed by atoms with E-state index in [0.717, 1.165) is 17.0 Å². The molecule has 7 nitrogen and oxygen atoms in total. The van der Waals surface area contributed by atoms with E-state index < -0.39 is 57.0 Å². The minimum absolute atomic E-state index is 0.244. The quantitative estimate of drug-likeness (QED) is 0.479. The highest BCUT2D eigenvalue weighted by atomic mass is 32.2. The van der Waals surface area contributed by atoms with Crippen LogP contribution in [0, 0.1) is 11.6 Å². The maximum absolute atomic E-state index is 14.5. The maximum Gasteiger partial charge on any atom is 0.341 e. The molecule has 1 saturated heterocycles. The van der Waals surface area contributed by atoms with Gasteiger partial charge in [0.25, 0.3) is 5.91 Å². The molecule has 3 aromatic carbocycles. The fourth-order valence-electron chi connectivity index (χ4n) is 3.94. The number of sulfone groups is 1. The van der Waals surface area contributed by atoms with E-state index >= 15 is 0 Å². The minimum atomic E-state index is -3.76. The molecule has 2 atom stereocenters. The van der Waals surface area contributed by atoms with E-state index in [1.165, 1.54) is 55.6 Å². The summed E-state index contributed by atoms with van der Waals surface area (Å²) in [6.45, 7) is 0. The molecule has 0 spiro atoms. The lowest BCUT2D eigenvalue weighted by Crippen LogP contribution is -2.48. The molecular weight excluding hydrogens is 480 g/mol. The first-order chi connectivity index (χ1) is 16.7. The Balaban J connectivity index is 1.76. The molecule has 1 heterocycles. The number of hydrogen-bond donors (Lipinski definition) is 0. The zero-order valence-corrected chi connectivity index (χ0v) is 19.4. The van der Waals surface area contributed by atoms with Crippen molar-refractivity contribution in [3.63, 3.8) is 0 Å². The smallest absolute Gasteiger partial charge is 0.341 e. The van der Waals surface area contributed by atoms with Crippen molar-refractivity contribution in [3.05, 3.63) is 95.6 Å². The fraction of sp³-hybridized carbons (Fsp3) is 0.200. The molecule has 10 heteroatoms. The van der Waals surface area contributed by atoms with Crippen LogP contribution < -0.4 is 9.64 Å². The largest absolute Gasteiger partial charge is 0.497 e. The zero-order valence-electron chi connectivity index (χ0n) is 18.6. The lowest BCUT2D eigenvalue weighted by atomic mass is 10.1. The Hall–Kier alpha value is -3.79. The monoisotopic (exact) mass is 501 g/mol. The predicted octanol–water partition coefficient (Wildman–Crippen LogP) is 3.64. The Bertz CT molecular complexity index is 1360. The van der Waals surface area contributed by atoms with Crippen molar-refractivity contribution in [2.45, 2.75) is 12.1 Å². The maximum atomic E-state index is 14.5. The molecule has 182 valence electrons. The number of carbonyl (C=O) groups excluding carboxylic acids is 2. The van der Waals surface area contributed by atoms with E-state index in [1.54, 1.807) is 12.1 Å². The van der Waals surface area contributed by atoms with Gasteiger partial charge in [0.05, 0.1) is 35.8 Å². The van der Waals surface area contributed by atoms with Crippen LogP contribution in [-0.2, 0) is 14.6 Å². The number of carbonyl (C=O) groups is 2. The number of rotatable bonds is 6. The summed E-state index contributed by atoms with van der Waals surface area (Å²) in [7, 11) is -2.30. The molecule has 1 amide bonds. The molecule has 35 heavy (non-hydrogen) atoms. The average molecular weight is 502 g/mol. The Kier molecular flexibility index (Phi) is 6.83. The van der Waals surface area contributed by atoms with E-state index in [2.05, 4.69) is 0 Å². The predicted molar refractivity (Wildman–Crippen MR) is 124 cm³/mol. The normalized spacial score (nSPS) is 18.6. The van der Waals surface area contributed by atoms with Gasteiger partial charge in [-0.25, -0.2) is 22.0 Å². The zero-order chi connectivity index (χ0) is 25.2. The molecule has 1 aliphatic heterocycles. The highest BCUT2D eigenvalue weighted by Crippen LogP contribution is 2.31. The van der Waals surface area contributed by atoms with E-state index in [1.807, 2.05) is 0 Å². The molecule has 0 radical (unpaired) electrons. The van der Waals surface area contributed by atoms with Gasteiger partial charge in [-0.05, 0) is 48.5 Å². The van der Waals surface area contributed by atoms with Gasteiger partial charge in [-0.15, -0.1) is 0 Å². The van der Waals surface area contributed by atoms with Crippen molar-refractivity contribution in [1.29, 1.82) is 0 Å². The highest BCUT2D eigenvalue weighted by molar-refractivity contribution is 7.91. The molecule has 0 aromatic heterocycles. The number of methoxy groups -OCH3 is 1. The van der Waals surface area contributed by atoms with Crippen LogP contribution in [0.1, 0.15) is 20.7 Å². The first-order valence-corrected chi connectivity index (χ1v) is 12.4. The summed E-state index contributed by atoms with van der Waals surface area (Å²) in [5.74, 6) is -4.14. The average Bonchev–Trinajstić information content (AvgIpc) is 3.13. The number of halogens is 2. The Morgan fingerprint density at radius 2 is 1.43 bits per heavy atom. The molecule has 0 saturated carbocycles. The summed E-state index contributed by atoms with van der Waals surface area (Å²) in [5, 5.41) is 0. The van der Waals surface area contributed by atoms with Crippen molar-refractivity contribution in [2.24, 2.45) is 0 Å². The Morgan fingerprint density at radius 1 is 0.857 bits per heavy atom. The number of nitrogens with zero attached hydrogens (tertiary/aromatic N) is 1. The molecular formula is C25H21F2NO6S. The van der Waals surface area contributed by atoms with E-state index in [-0.39, 0.29) is 16.8 Å². The topological polar surface area (TPSA) is 90.0 Å². The van der Waals surface area contributed by atoms with Crippen LogP contribution in [0.5, 0.6) is 5.75 Å². The number of esters is 1. The molecule has 0 aliphatic carbocycles. The summed E-state index contributed by atoms with van der Waals surface area (Å²) in [4.78, 5) is 27.3. The number of hydrogen-bond acceptors (Lipinski definition) is 6. The first-order valence-electron chi connectivity index (χ1n) is 10.6. The summed E-state index contributed by atoms with van der Waals surface area (Å²) < 4.78 is 64.4. The van der Waals surface area contributed by atoms with Crippen LogP contribution in [0.4, 0.5) is 14.5 Å². The van der Waals surface area contributed by atoms with E-state index in [0.29, 0.717) is 5.75 Å². The number of amides is 1. The summed E-state index contributed by atoms with van der Waals surface area (Å²) in [6, 6.07) is 15.4. The fourth-order valence-corrected chi connectivity index (χ4v) is 5.76. The van der Waals surface area contributed by atoms with Gasteiger partial charge in [0.1, 0.15) is 23.5 Å². The van der Waals surface area contributed by atoms with Crippen LogP contribution in [0.15, 0.2) is 72.8 Å². The molecule has 1 fully saturated rings. The van der Waals surface area contributed by atoms with Gasteiger partial charge < -0.3 is 14.4 Å². The highest BCUT2D eigenvalue weighted by Gasteiger charge is 2.46. The van der Waals surface area contributed by atoms with Gasteiger partial charge in [0.2, 0.25) is 0 Å². The van der Waals surface area contributed by atoms with Gasteiger partial charge in [0.15, 0.2) is 9.84 Å². The third-order valence-corrected chi connectivity index (χ3v) is 7.32. The van der Waals surface area contributed by atoms with Gasteiger partial charge >= 0.3 is 5.97 Å². The second kappa shape index (κ2) is 9.83. The van der Waals surface area contributed by atoms with Gasteiger partial charge in [-0.1, -0.05) is 24.3 Å². The van der Waals surface area contributed by atoms with Crippen molar-refractivity contribution in [1.82, 2.24) is 0 Å². The second-order valence-electron chi connectivity index (χ2n) is 7.92. The standard InChI is InChI=1S/C25H21F2NO6S/c1-33-17-12-10-16(11-13-17)28(24(29)18-6-2-4-8-20(18)26)22-14-35(31,32)15-23(22)34-25(30)19-7-3-5-9-21(19)27/h2-13,22-23H,14-15H2,1H3/t22-,23+/m0/s1. The van der Waals surface area contributed by atoms with E-state index in [4.69, 9.17) is 9.47 Å². The molecule has 1 aliphatic rings. The van der Waals surface area contributed by atoms with Crippen LogP contribution >= 0.6 is 0 Å². The molecule has 0 bridgehead atoms. The number of ether oxygens (including phenoxy) is 2. The van der Waals surface area contributed by atoms with Crippen LogP contribution in [0.2, 0.25) is 0 Å². The van der Waals surface area contributed by atoms with Gasteiger partial charge in [-0.3, -0.25) is 4.79 Å². The summed E-state index contributed by atoms with van der Waals surface area (Å²) >= 11 is 0. The molecule has 0 N–H and O–H groups in total. The third kappa shape index (κ3) is 5.17. The summed E-state index contributed by atoms with van der Waals surface area (Å²) in [5.41, 5.74) is -0.410. The van der Waals surface area contributed by atoms with Crippen molar-refractivity contribution in [2.75, 3.05) is 23.5 Å². The molecule has 0 unspecified atom stereocenters. The van der Waals surface area contributed by atoms with Crippen LogP contribution in [0.3, 0.4) is 0 Å². The first kappa shape index (κ1) is 24.3. The van der Waals surface area contributed by atoms with Crippen molar-refractivity contribution >= 4 is 27.4 Å². The van der Waals surface area contributed by atoms with Crippen molar-refractivity contribution < 1.29 is 36.3 Å². The lowest BCUT2D eigenvalue weighted by molar-refractivity contribution is 0.0309. The number of anilines is 1. The van der Waals surface area contributed by atoms with Crippen LogP contribution in [0.25, 0.3) is 0 Å². The third-order valence-electron chi connectivity index (χ3n) is 5.63. The van der Waals surface area contributed by atoms with E-state index in [9.17, 15) is 26.8 Å². The molecule has 3 aromatic rings. The summed E-state index contributed by atoms with van der Waals surface area (Å²) in [6.07, 6.45) is -1.31. The van der Waals surface area contributed by atoms with Crippen molar-refractivity contribution in [3.8, 4) is 5.75 Å². The minimum Gasteiger partial charge on any atom is -0.497 e. The second-order valence-corrected chi connectivity index (χ2v) is 10.1. The Morgan fingerprint density at radius 3 is 2.00 bits per heavy atom.